The highest BCUT2D eigenvalue weighted by atomic mass is 35.5. The first-order valence-electron chi connectivity index (χ1n) is 6.27. The van der Waals surface area contributed by atoms with E-state index in [0.29, 0.717) is 27.4 Å². The van der Waals surface area contributed by atoms with Gasteiger partial charge in [0.25, 0.3) is 5.56 Å². The highest BCUT2D eigenvalue weighted by Gasteiger charge is 2.17. The van der Waals surface area contributed by atoms with Gasteiger partial charge in [-0.25, -0.2) is 4.98 Å². The number of aromatic nitrogens is 2. The van der Waals surface area contributed by atoms with E-state index in [-0.39, 0.29) is 15.7 Å². The quantitative estimate of drug-likeness (QED) is 0.560. The molecule has 0 saturated carbocycles. The minimum Gasteiger partial charge on any atom is -0.494 e. The lowest BCUT2D eigenvalue weighted by Gasteiger charge is -2.14. The standard InChI is InChI=1S/C15H10Cl2N2O2S/c1-21-13-9(16)6-7-11(12(13)17)19-14(20)8-4-2-3-5-10(8)18-15(19)22/h2-7H,1H3,(H,18,22). The summed E-state index contributed by atoms with van der Waals surface area (Å²) >= 11 is 16.7. The predicted octanol–water partition coefficient (Wildman–Crippen LogP) is 3.99. The molecule has 0 spiro atoms. The second-order valence-electron chi connectivity index (χ2n) is 4.48. The third-order valence-corrected chi connectivity index (χ3v) is 4.19. The smallest absolute Gasteiger partial charge is 0.266 e. The van der Waals surface area contributed by atoms with E-state index in [0.717, 1.165) is 0 Å². The molecule has 0 saturated heterocycles. The Balaban J connectivity index is 2.39. The molecule has 0 bridgehead atoms. The zero-order valence-corrected chi connectivity index (χ0v) is 13.8. The van der Waals surface area contributed by atoms with Crippen molar-refractivity contribution in [3.8, 4) is 11.4 Å². The molecule has 3 aromatic rings. The highest BCUT2D eigenvalue weighted by Crippen LogP contribution is 2.37. The zero-order valence-electron chi connectivity index (χ0n) is 11.4. The summed E-state index contributed by atoms with van der Waals surface area (Å²) in [7, 11) is 1.46. The maximum absolute atomic E-state index is 12.7. The van der Waals surface area contributed by atoms with Crippen molar-refractivity contribution >= 4 is 46.7 Å². The monoisotopic (exact) mass is 352 g/mol. The number of fused-ring (bicyclic) bond motifs is 1. The fraction of sp³-hybridized carbons (Fsp3) is 0.0667. The number of rotatable bonds is 2. The molecule has 1 aromatic heterocycles. The van der Waals surface area contributed by atoms with E-state index >= 15 is 0 Å². The summed E-state index contributed by atoms with van der Waals surface area (Å²) in [6.45, 7) is 0. The molecule has 0 amide bonds. The first-order chi connectivity index (χ1) is 10.5. The van der Waals surface area contributed by atoms with Crippen LogP contribution in [0.3, 0.4) is 0 Å². The Morgan fingerprint density at radius 2 is 1.91 bits per heavy atom. The summed E-state index contributed by atoms with van der Waals surface area (Å²) in [5, 5.41) is 1.29. The Labute approximate surface area is 141 Å². The highest BCUT2D eigenvalue weighted by molar-refractivity contribution is 7.80. The Bertz CT molecular complexity index is 941. The average Bonchev–Trinajstić information content (AvgIpc) is 2.50. The minimum atomic E-state index is -0.262. The van der Waals surface area contributed by atoms with Crippen LogP contribution >= 0.6 is 35.8 Å². The van der Waals surface area contributed by atoms with Crippen molar-refractivity contribution in [3.63, 3.8) is 0 Å². The molecule has 0 N–H and O–H groups in total. The number of para-hydroxylation sites is 1. The van der Waals surface area contributed by atoms with Gasteiger partial charge in [-0.15, -0.1) is 12.6 Å². The molecule has 0 aliphatic carbocycles. The SMILES string of the molecule is COc1c(Cl)ccc(-n2c(S)nc3ccccc3c2=O)c1Cl. The molecule has 0 atom stereocenters. The first kappa shape index (κ1) is 15.2. The maximum atomic E-state index is 12.7. The van der Waals surface area contributed by atoms with Crippen LogP contribution in [-0.4, -0.2) is 16.7 Å². The number of hydrogen-bond acceptors (Lipinski definition) is 4. The van der Waals surface area contributed by atoms with Crippen molar-refractivity contribution in [1.29, 1.82) is 0 Å². The van der Waals surface area contributed by atoms with Crippen LogP contribution in [0.1, 0.15) is 0 Å². The molecule has 0 radical (unpaired) electrons. The van der Waals surface area contributed by atoms with Crippen LogP contribution in [0.15, 0.2) is 46.3 Å². The number of halogens is 2. The fourth-order valence-corrected chi connectivity index (χ4v) is 3.14. The normalized spacial score (nSPS) is 10.9. The maximum Gasteiger partial charge on any atom is 0.266 e. The molecule has 112 valence electrons. The molecule has 0 aliphatic rings. The number of benzene rings is 2. The predicted molar refractivity (Wildman–Crippen MR) is 91.2 cm³/mol. The molecule has 2 aromatic carbocycles. The van der Waals surface area contributed by atoms with Crippen LogP contribution < -0.4 is 10.3 Å². The molecular weight excluding hydrogens is 343 g/mol. The molecule has 3 rings (SSSR count). The van der Waals surface area contributed by atoms with Crippen molar-refractivity contribution in [3.05, 3.63) is 56.8 Å². The average molecular weight is 353 g/mol. The van der Waals surface area contributed by atoms with Gasteiger partial charge < -0.3 is 4.74 Å². The summed E-state index contributed by atoms with van der Waals surface area (Å²) in [4.78, 5) is 17.1. The lowest BCUT2D eigenvalue weighted by molar-refractivity contribution is 0.415. The van der Waals surface area contributed by atoms with Gasteiger partial charge in [0.2, 0.25) is 0 Å². The molecule has 4 nitrogen and oxygen atoms in total. The van der Waals surface area contributed by atoms with E-state index in [2.05, 4.69) is 17.6 Å². The molecular formula is C15H10Cl2N2O2S. The third kappa shape index (κ3) is 2.35. The largest absolute Gasteiger partial charge is 0.494 e. The van der Waals surface area contributed by atoms with Crippen molar-refractivity contribution < 1.29 is 4.74 Å². The Morgan fingerprint density at radius 1 is 1.18 bits per heavy atom. The van der Waals surface area contributed by atoms with Gasteiger partial charge in [-0.2, -0.15) is 0 Å². The molecule has 0 aliphatic heterocycles. The van der Waals surface area contributed by atoms with Crippen molar-refractivity contribution in [2.45, 2.75) is 5.16 Å². The number of hydrogen-bond donors (Lipinski definition) is 1. The first-order valence-corrected chi connectivity index (χ1v) is 7.48. The Morgan fingerprint density at radius 3 is 2.64 bits per heavy atom. The van der Waals surface area contributed by atoms with Gasteiger partial charge in [-0.3, -0.25) is 9.36 Å². The summed E-state index contributed by atoms with van der Waals surface area (Å²) in [5.41, 5.74) is 0.726. The van der Waals surface area contributed by atoms with E-state index in [1.807, 2.05) is 6.07 Å². The number of methoxy groups -OCH3 is 1. The van der Waals surface area contributed by atoms with Gasteiger partial charge in [0, 0.05) is 0 Å². The van der Waals surface area contributed by atoms with Gasteiger partial charge in [0.15, 0.2) is 10.9 Å². The summed E-state index contributed by atoms with van der Waals surface area (Å²) < 4.78 is 6.51. The Kier molecular flexibility index (Phi) is 4.04. The van der Waals surface area contributed by atoms with Gasteiger partial charge >= 0.3 is 0 Å². The van der Waals surface area contributed by atoms with E-state index in [1.165, 1.54) is 11.7 Å². The van der Waals surface area contributed by atoms with Gasteiger partial charge in [-0.1, -0.05) is 35.3 Å². The topological polar surface area (TPSA) is 44.1 Å². The molecule has 7 heteroatoms. The van der Waals surface area contributed by atoms with Crippen LogP contribution in [0, 0.1) is 0 Å². The molecule has 1 heterocycles. The van der Waals surface area contributed by atoms with Crippen molar-refractivity contribution in [1.82, 2.24) is 9.55 Å². The van der Waals surface area contributed by atoms with Crippen LogP contribution in [0.25, 0.3) is 16.6 Å². The van der Waals surface area contributed by atoms with E-state index < -0.39 is 0 Å². The lowest BCUT2D eigenvalue weighted by atomic mass is 10.2. The van der Waals surface area contributed by atoms with Crippen LogP contribution in [-0.2, 0) is 0 Å². The van der Waals surface area contributed by atoms with Crippen LogP contribution in [0.5, 0.6) is 5.75 Å². The second-order valence-corrected chi connectivity index (χ2v) is 5.67. The molecule has 22 heavy (non-hydrogen) atoms. The van der Waals surface area contributed by atoms with Crippen molar-refractivity contribution in [2.24, 2.45) is 0 Å². The van der Waals surface area contributed by atoms with Crippen molar-refractivity contribution in [2.75, 3.05) is 7.11 Å². The van der Waals surface area contributed by atoms with E-state index in [9.17, 15) is 4.79 Å². The Hall–Kier alpha value is -1.69. The van der Waals surface area contributed by atoms with Gasteiger partial charge in [0.1, 0.15) is 5.02 Å². The summed E-state index contributed by atoms with van der Waals surface area (Å²) in [5.74, 6) is 0.300. The summed E-state index contributed by atoms with van der Waals surface area (Å²) in [6, 6.07) is 10.3. The number of thiol groups is 1. The second kappa shape index (κ2) is 5.83. The summed E-state index contributed by atoms with van der Waals surface area (Å²) in [6.07, 6.45) is 0. The van der Waals surface area contributed by atoms with E-state index in [4.69, 9.17) is 27.9 Å². The van der Waals surface area contributed by atoms with Gasteiger partial charge in [-0.05, 0) is 24.3 Å². The lowest BCUT2D eigenvalue weighted by Crippen LogP contribution is -2.21. The van der Waals surface area contributed by atoms with E-state index in [1.54, 1.807) is 30.3 Å². The fourth-order valence-electron chi connectivity index (χ4n) is 2.22. The van der Waals surface area contributed by atoms with Gasteiger partial charge in [0.05, 0.1) is 28.7 Å². The van der Waals surface area contributed by atoms with Crippen LogP contribution in [0.2, 0.25) is 10.0 Å². The number of nitrogens with zero attached hydrogens (tertiary/aromatic N) is 2. The number of ether oxygens (including phenoxy) is 1. The van der Waals surface area contributed by atoms with Crippen LogP contribution in [0.4, 0.5) is 0 Å². The third-order valence-electron chi connectivity index (χ3n) is 3.23. The molecule has 0 fully saturated rings. The zero-order chi connectivity index (χ0) is 15.9. The minimum absolute atomic E-state index is 0.226. The molecule has 0 unspecified atom stereocenters.